The molecule has 0 aromatic rings. The molecule has 0 fully saturated rings. The Labute approximate surface area is 53.9 Å². The van der Waals surface area contributed by atoms with Crippen molar-refractivity contribution >= 4 is 24.6 Å². The van der Waals surface area contributed by atoms with Gasteiger partial charge in [-0.05, 0) is 0 Å². The first-order valence-corrected chi connectivity index (χ1v) is 1.89. The van der Waals surface area contributed by atoms with Gasteiger partial charge in [-0.3, -0.25) is 4.79 Å². The van der Waals surface area contributed by atoms with E-state index in [4.69, 9.17) is 5.41 Å². The van der Waals surface area contributed by atoms with E-state index in [1.165, 1.54) is 6.92 Å². The molecular formula is C4H8ClNO2. The van der Waals surface area contributed by atoms with E-state index in [9.17, 15) is 4.79 Å². The first kappa shape index (κ1) is 10.4. The zero-order chi connectivity index (χ0) is 5.70. The Morgan fingerprint density at radius 1 is 1.88 bits per heavy atom. The molecule has 4 heteroatoms. The van der Waals surface area contributed by atoms with Crippen LogP contribution in [-0.4, -0.2) is 18.8 Å². The molecule has 0 aliphatic heterocycles. The molecule has 0 unspecified atom stereocenters. The minimum Gasteiger partial charge on any atom is -0.460 e. The number of halogens is 1. The Bertz CT molecular complexity index is 84.1. The summed E-state index contributed by atoms with van der Waals surface area (Å²) in [5.74, 6) is -0.344. The quantitative estimate of drug-likeness (QED) is 0.448. The summed E-state index contributed by atoms with van der Waals surface area (Å²) >= 11 is 0. The third-order valence-electron chi connectivity index (χ3n) is 0.370. The van der Waals surface area contributed by atoms with Crippen molar-refractivity contribution in [1.29, 1.82) is 5.41 Å². The van der Waals surface area contributed by atoms with Crippen LogP contribution in [0.3, 0.4) is 0 Å². The van der Waals surface area contributed by atoms with Gasteiger partial charge in [-0.15, -0.1) is 12.4 Å². The maximum absolute atomic E-state index is 9.88. The van der Waals surface area contributed by atoms with Gasteiger partial charge >= 0.3 is 5.97 Å². The van der Waals surface area contributed by atoms with Crippen molar-refractivity contribution in [3.05, 3.63) is 0 Å². The summed E-state index contributed by atoms with van der Waals surface area (Å²) in [6.07, 6.45) is 1.03. The largest absolute Gasteiger partial charge is 0.460 e. The molecule has 1 N–H and O–H groups in total. The van der Waals surface area contributed by atoms with Gasteiger partial charge < -0.3 is 10.1 Å². The summed E-state index contributed by atoms with van der Waals surface area (Å²) in [5.41, 5.74) is 0. The van der Waals surface area contributed by atoms with Gasteiger partial charge in [0.25, 0.3) is 0 Å². The molecule has 0 aliphatic carbocycles. The lowest BCUT2D eigenvalue weighted by Crippen LogP contribution is -1.99. The molecular weight excluding hydrogens is 130 g/mol. The summed E-state index contributed by atoms with van der Waals surface area (Å²) in [4.78, 5) is 9.88. The van der Waals surface area contributed by atoms with Crippen LogP contribution in [0.1, 0.15) is 6.92 Å². The zero-order valence-corrected chi connectivity index (χ0v) is 5.33. The Kier molecular flexibility index (Phi) is 8.37. The van der Waals surface area contributed by atoms with Crippen molar-refractivity contribution in [2.24, 2.45) is 0 Å². The summed E-state index contributed by atoms with van der Waals surface area (Å²) in [6, 6.07) is 0. The van der Waals surface area contributed by atoms with Gasteiger partial charge in [0.2, 0.25) is 0 Å². The molecule has 0 bridgehead atoms. The second kappa shape index (κ2) is 6.43. The van der Waals surface area contributed by atoms with Gasteiger partial charge in [-0.2, -0.15) is 0 Å². The molecule has 0 atom stereocenters. The average Bonchev–Trinajstić information content (AvgIpc) is 1.61. The second-order valence-corrected chi connectivity index (χ2v) is 1.01. The van der Waals surface area contributed by atoms with E-state index in [-0.39, 0.29) is 25.0 Å². The van der Waals surface area contributed by atoms with Crippen LogP contribution in [0.4, 0.5) is 0 Å². The minimum atomic E-state index is -0.344. The van der Waals surface area contributed by atoms with Crippen molar-refractivity contribution in [2.75, 3.05) is 6.61 Å². The van der Waals surface area contributed by atoms with Crippen LogP contribution in [0, 0.1) is 5.41 Å². The van der Waals surface area contributed by atoms with Gasteiger partial charge in [0.15, 0.2) is 0 Å². The van der Waals surface area contributed by atoms with Gasteiger partial charge in [0, 0.05) is 13.1 Å². The SMILES string of the molecule is CC(=O)OCC=N.Cl. The van der Waals surface area contributed by atoms with Crippen molar-refractivity contribution in [3.8, 4) is 0 Å². The van der Waals surface area contributed by atoms with Crippen LogP contribution in [-0.2, 0) is 9.53 Å². The number of carbonyl (C=O) groups is 1. The van der Waals surface area contributed by atoms with Crippen LogP contribution in [0.2, 0.25) is 0 Å². The maximum Gasteiger partial charge on any atom is 0.302 e. The molecule has 8 heavy (non-hydrogen) atoms. The van der Waals surface area contributed by atoms with Gasteiger partial charge in [0.1, 0.15) is 6.61 Å². The Hall–Kier alpha value is -0.570. The summed E-state index contributed by atoms with van der Waals surface area (Å²) in [6.45, 7) is 1.40. The number of carbonyl (C=O) groups excluding carboxylic acids is 1. The summed E-state index contributed by atoms with van der Waals surface area (Å²) in [5, 5.41) is 6.39. The molecule has 0 radical (unpaired) electrons. The fourth-order valence-electron chi connectivity index (χ4n) is 0.159. The number of nitrogens with one attached hydrogen (secondary N) is 1. The van der Waals surface area contributed by atoms with Crippen LogP contribution in [0.5, 0.6) is 0 Å². The van der Waals surface area contributed by atoms with E-state index >= 15 is 0 Å². The number of esters is 1. The second-order valence-electron chi connectivity index (χ2n) is 1.01. The molecule has 0 aromatic carbocycles. The molecule has 48 valence electrons. The van der Waals surface area contributed by atoms with Gasteiger partial charge in [-0.1, -0.05) is 0 Å². The van der Waals surface area contributed by atoms with Gasteiger partial charge in [0.05, 0.1) is 0 Å². The Balaban J connectivity index is 0. The molecule has 0 saturated carbocycles. The molecule has 0 heterocycles. The smallest absolute Gasteiger partial charge is 0.302 e. The van der Waals surface area contributed by atoms with E-state index < -0.39 is 0 Å². The van der Waals surface area contributed by atoms with E-state index in [0.29, 0.717) is 0 Å². The fraction of sp³-hybridized carbons (Fsp3) is 0.500. The molecule has 0 rings (SSSR count). The highest BCUT2D eigenvalue weighted by Gasteiger charge is 1.84. The number of hydrogen-bond donors (Lipinski definition) is 1. The van der Waals surface area contributed by atoms with E-state index in [2.05, 4.69) is 4.74 Å². The van der Waals surface area contributed by atoms with Crippen LogP contribution in [0.25, 0.3) is 0 Å². The third kappa shape index (κ3) is 9.06. The van der Waals surface area contributed by atoms with E-state index in [0.717, 1.165) is 6.21 Å². The van der Waals surface area contributed by atoms with Crippen LogP contribution >= 0.6 is 12.4 Å². The van der Waals surface area contributed by atoms with E-state index in [1.807, 2.05) is 0 Å². The first-order valence-electron chi connectivity index (χ1n) is 1.89. The molecule has 0 spiro atoms. The monoisotopic (exact) mass is 137 g/mol. The van der Waals surface area contributed by atoms with Gasteiger partial charge in [-0.25, -0.2) is 0 Å². The normalized spacial score (nSPS) is 6.62. The third-order valence-corrected chi connectivity index (χ3v) is 0.370. The molecule has 0 aliphatic rings. The van der Waals surface area contributed by atoms with Crippen molar-refractivity contribution in [3.63, 3.8) is 0 Å². The summed E-state index contributed by atoms with van der Waals surface area (Å²) in [7, 11) is 0. The number of ether oxygens (including phenoxy) is 1. The molecule has 0 amide bonds. The first-order chi connectivity index (χ1) is 3.27. The molecule has 0 saturated heterocycles. The highest BCUT2D eigenvalue weighted by molar-refractivity contribution is 5.85. The Morgan fingerprint density at radius 2 is 2.38 bits per heavy atom. The predicted octanol–water partition coefficient (Wildman–Crippen LogP) is 0.621. The molecule has 0 aromatic heterocycles. The topological polar surface area (TPSA) is 50.2 Å². The van der Waals surface area contributed by atoms with Crippen molar-refractivity contribution < 1.29 is 9.53 Å². The van der Waals surface area contributed by atoms with E-state index in [1.54, 1.807) is 0 Å². The standard InChI is InChI=1S/C4H7NO2.ClH/c1-4(6)7-3-2-5;/h2,5H,3H2,1H3;1H. The lowest BCUT2D eigenvalue weighted by atomic mass is 10.7. The lowest BCUT2D eigenvalue weighted by molar-refractivity contribution is -0.139. The Morgan fingerprint density at radius 3 is 2.50 bits per heavy atom. The zero-order valence-electron chi connectivity index (χ0n) is 4.51. The molecule has 3 nitrogen and oxygen atoms in total. The van der Waals surface area contributed by atoms with Crippen molar-refractivity contribution in [2.45, 2.75) is 6.92 Å². The number of hydrogen-bond acceptors (Lipinski definition) is 3. The predicted molar refractivity (Wildman–Crippen MR) is 32.7 cm³/mol. The number of rotatable bonds is 2. The van der Waals surface area contributed by atoms with Crippen molar-refractivity contribution in [1.82, 2.24) is 0 Å². The van der Waals surface area contributed by atoms with Crippen LogP contribution < -0.4 is 0 Å². The highest BCUT2D eigenvalue weighted by atomic mass is 35.5. The summed E-state index contributed by atoms with van der Waals surface area (Å²) < 4.78 is 4.31. The maximum atomic E-state index is 9.88. The highest BCUT2D eigenvalue weighted by Crippen LogP contribution is 1.68. The fourth-order valence-corrected chi connectivity index (χ4v) is 0.159. The average molecular weight is 138 g/mol. The van der Waals surface area contributed by atoms with Crippen LogP contribution in [0.15, 0.2) is 0 Å². The minimum absolute atomic E-state index is 0. The lowest BCUT2D eigenvalue weighted by Gasteiger charge is -1.90.